The molecule has 0 bridgehead atoms. The summed E-state index contributed by atoms with van der Waals surface area (Å²) in [6.45, 7) is 1.13. The smallest absolute Gasteiger partial charge is 0.325 e. The van der Waals surface area contributed by atoms with E-state index in [2.05, 4.69) is 14.8 Å². The van der Waals surface area contributed by atoms with Crippen LogP contribution in [0.5, 0.6) is 0 Å². The number of aryl methyl sites for hydroxylation is 1. The molecule has 1 saturated heterocycles. The lowest BCUT2D eigenvalue weighted by atomic mass is 10.2. The van der Waals surface area contributed by atoms with Crippen LogP contribution in [0, 0.1) is 0 Å². The van der Waals surface area contributed by atoms with Crippen LogP contribution in [-0.2, 0) is 17.1 Å². The first-order valence-corrected chi connectivity index (χ1v) is 9.77. The fourth-order valence-corrected chi connectivity index (χ4v) is 4.08. The van der Waals surface area contributed by atoms with Gasteiger partial charge in [0.05, 0.1) is 17.4 Å². The number of urea groups is 1. The van der Waals surface area contributed by atoms with E-state index in [4.69, 9.17) is 0 Å². The Bertz CT molecular complexity index is 1120. The van der Waals surface area contributed by atoms with Gasteiger partial charge in [0.1, 0.15) is 10.7 Å². The molecule has 0 aliphatic carbocycles. The maximum absolute atomic E-state index is 12.8. The zero-order chi connectivity index (χ0) is 19.2. The largest absolute Gasteiger partial charge is 0.326 e. The summed E-state index contributed by atoms with van der Waals surface area (Å²) in [5.74, 6) is 0.428. The van der Waals surface area contributed by atoms with Gasteiger partial charge in [-0.2, -0.15) is 5.10 Å². The number of aromatic nitrogens is 3. The second-order valence-corrected chi connectivity index (χ2v) is 8.01. The number of para-hydroxylation sites is 1. The zero-order valence-corrected chi connectivity index (χ0v) is 15.6. The number of amides is 2. The van der Waals surface area contributed by atoms with Gasteiger partial charge < -0.3 is 4.90 Å². The fourth-order valence-electron chi connectivity index (χ4n) is 3.07. The van der Waals surface area contributed by atoms with Gasteiger partial charge >= 0.3 is 6.03 Å². The summed E-state index contributed by atoms with van der Waals surface area (Å²) in [4.78, 5) is 19.3. The average Bonchev–Trinajstić information content (AvgIpc) is 3.19. The molecular formula is C17H18N6O3S. The Morgan fingerprint density at radius 3 is 2.56 bits per heavy atom. The quantitative estimate of drug-likeness (QED) is 0.735. The molecule has 0 spiro atoms. The molecule has 9 nitrogen and oxygen atoms in total. The number of rotatable bonds is 4. The molecule has 0 unspecified atom stereocenters. The minimum Gasteiger partial charge on any atom is -0.326 e. The van der Waals surface area contributed by atoms with Crippen molar-refractivity contribution in [3.63, 3.8) is 0 Å². The lowest BCUT2D eigenvalue weighted by Gasteiger charge is -2.15. The van der Waals surface area contributed by atoms with E-state index in [0.717, 1.165) is 5.39 Å². The number of anilines is 2. The molecule has 3 aromatic rings. The molecule has 1 fully saturated rings. The SMILES string of the molecule is CN1CCN(c2ccc(S(=O)(=O)Nc3cccc4cnn(C)c34)cn2)C1=O. The highest BCUT2D eigenvalue weighted by molar-refractivity contribution is 7.92. The first-order chi connectivity index (χ1) is 12.9. The number of fused-ring (bicyclic) bond motifs is 1. The Morgan fingerprint density at radius 2 is 1.89 bits per heavy atom. The van der Waals surface area contributed by atoms with Gasteiger partial charge in [0, 0.05) is 38.8 Å². The fraction of sp³-hybridized carbons (Fsp3) is 0.235. The molecule has 3 heterocycles. The summed E-state index contributed by atoms with van der Waals surface area (Å²) < 4.78 is 29.7. The van der Waals surface area contributed by atoms with Gasteiger partial charge in [-0.05, 0) is 18.2 Å². The summed E-state index contributed by atoms with van der Waals surface area (Å²) in [6, 6.07) is 8.14. The van der Waals surface area contributed by atoms with Gasteiger partial charge in [0.25, 0.3) is 10.0 Å². The van der Waals surface area contributed by atoms with E-state index in [-0.39, 0.29) is 10.9 Å². The molecule has 2 aromatic heterocycles. The lowest BCUT2D eigenvalue weighted by molar-refractivity contribution is 0.229. The van der Waals surface area contributed by atoms with Gasteiger partial charge in [0.2, 0.25) is 0 Å². The van der Waals surface area contributed by atoms with Crippen molar-refractivity contribution in [2.75, 3.05) is 29.8 Å². The monoisotopic (exact) mass is 386 g/mol. The molecule has 4 rings (SSSR count). The maximum Gasteiger partial charge on any atom is 0.325 e. The van der Waals surface area contributed by atoms with E-state index in [9.17, 15) is 13.2 Å². The molecule has 10 heteroatoms. The van der Waals surface area contributed by atoms with Gasteiger partial charge in [-0.15, -0.1) is 0 Å². The predicted molar refractivity (Wildman–Crippen MR) is 101 cm³/mol. The third-order valence-corrected chi connectivity index (χ3v) is 5.88. The second-order valence-electron chi connectivity index (χ2n) is 6.32. The van der Waals surface area contributed by atoms with E-state index in [1.165, 1.54) is 23.2 Å². The van der Waals surface area contributed by atoms with Crippen molar-refractivity contribution in [1.29, 1.82) is 0 Å². The van der Waals surface area contributed by atoms with E-state index in [1.807, 2.05) is 6.07 Å². The van der Waals surface area contributed by atoms with Crippen LogP contribution < -0.4 is 9.62 Å². The second kappa shape index (κ2) is 6.23. The van der Waals surface area contributed by atoms with Crippen LogP contribution in [0.1, 0.15) is 0 Å². The highest BCUT2D eigenvalue weighted by Gasteiger charge is 2.28. The van der Waals surface area contributed by atoms with Crippen molar-refractivity contribution in [1.82, 2.24) is 19.7 Å². The minimum atomic E-state index is -3.83. The third-order valence-electron chi connectivity index (χ3n) is 4.53. The molecule has 0 saturated carbocycles. The van der Waals surface area contributed by atoms with E-state index in [1.54, 1.807) is 42.0 Å². The first kappa shape index (κ1) is 17.3. The summed E-state index contributed by atoms with van der Waals surface area (Å²) >= 11 is 0. The molecule has 140 valence electrons. The van der Waals surface area contributed by atoms with Crippen LogP contribution in [0.25, 0.3) is 10.9 Å². The normalized spacial score (nSPS) is 15.0. The number of sulfonamides is 1. The number of nitrogens with one attached hydrogen (secondary N) is 1. The summed E-state index contributed by atoms with van der Waals surface area (Å²) in [5, 5.41) is 4.99. The van der Waals surface area contributed by atoms with Crippen molar-refractivity contribution < 1.29 is 13.2 Å². The number of carbonyl (C=O) groups excluding carboxylic acids is 1. The van der Waals surface area contributed by atoms with Crippen molar-refractivity contribution >= 4 is 38.5 Å². The first-order valence-electron chi connectivity index (χ1n) is 8.29. The molecule has 1 aliphatic rings. The molecular weight excluding hydrogens is 368 g/mol. The van der Waals surface area contributed by atoms with E-state index >= 15 is 0 Å². The Balaban J connectivity index is 1.62. The van der Waals surface area contributed by atoms with Gasteiger partial charge in [0.15, 0.2) is 0 Å². The maximum atomic E-state index is 12.8. The number of benzene rings is 1. The number of nitrogens with zero attached hydrogens (tertiary/aromatic N) is 5. The van der Waals surface area contributed by atoms with Crippen molar-refractivity contribution in [3.8, 4) is 0 Å². The molecule has 1 aliphatic heterocycles. The number of carbonyl (C=O) groups is 1. The van der Waals surface area contributed by atoms with Crippen LogP contribution in [0.4, 0.5) is 16.3 Å². The highest BCUT2D eigenvalue weighted by atomic mass is 32.2. The van der Waals surface area contributed by atoms with E-state index < -0.39 is 10.0 Å². The Morgan fingerprint density at radius 1 is 1.07 bits per heavy atom. The van der Waals surface area contributed by atoms with Gasteiger partial charge in [-0.3, -0.25) is 14.3 Å². The van der Waals surface area contributed by atoms with Crippen LogP contribution in [-0.4, -0.2) is 54.3 Å². The molecule has 2 amide bonds. The Labute approximate surface area is 156 Å². The average molecular weight is 386 g/mol. The summed E-state index contributed by atoms with van der Waals surface area (Å²) in [6.07, 6.45) is 2.93. The van der Waals surface area contributed by atoms with E-state index in [0.29, 0.717) is 30.1 Å². The van der Waals surface area contributed by atoms with Crippen molar-refractivity contribution in [3.05, 3.63) is 42.7 Å². The lowest BCUT2D eigenvalue weighted by Crippen LogP contribution is -2.29. The van der Waals surface area contributed by atoms with Crippen LogP contribution in [0.3, 0.4) is 0 Å². The molecule has 1 N–H and O–H groups in total. The van der Waals surface area contributed by atoms with Crippen LogP contribution >= 0.6 is 0 Å². The van der Waals surface area contributed by atoms with Crippen molar-refractivity contribution in [2.45, 2.75) is 4.90 Å². The standard InChI is InChI=1S/C17H18N6O3S/c1-21-8-9-23(17(21)24)15-7-6-13(11-18-15)27(25,26)20-14-5-3-4-12-10-19-22(2)16(12)14/h3-7,10-11,20H,8-9H2,1-2H3. The van der Waals surface area contributed by atoms with Crippen LogP contribution in [0.15, 0.2) is 47.6 Å². The minimum absolute atomic E-state index is 0.0189. The van der Waals surface area contributed by atoms with Gasteiger partial charge in [-0.1, -0.05) is 12.1 Å². The van der Waals surface area contributed by atoms with Crippen LogP contribution in [0.2, 0.25) is 0 Å². The highest BCUT2D eigenvalue weighted by Crippen LogP contribution is 2.26. The van der Waals surface area contributed by atoms with Crippen molar-refractivity contribution in [2.24, 2.45) is 7.05 Å². The Kier molecular flexibility index (Phi) is 3.99. The molecule has 1 aromatic carbocycles. The zero-order valence-electron chi connectivity index (χ0n) is 14.8. The summed E-state index contributed by atoms with van der Waals surface area (Å²) in [7, 11) is -0.369. The number of likely N-dealkylation sites (N-methyl/N-ethyl adjacent to an activating group) is 1. The summed E-state index contributed by atoms with van der Waals surface area (Å²) in [5.41, 5.74) is 1.13. The number of hydrogen-bond donors (Lipinski definition) is 1. The Hall–Kier alpha value is -3.14. The topological polar surface area (TPSA) is 100 Å². The predicted octanol–water partition coefficient (Wildman–Crippen LogP) is 1.64. The third kappa shape index (κ3) is 2.97. The molecule has 0 atom stereocenters. The molecule has 27 heavy (non-hydrogen) atoms. The van der Waals surface area contributed by atoms with Gasteiger partial charge in [-0.25, -0.2) is 18.2 Å². The number of pyridine rings is 1. The molecule has 0 radical (unpaired) electrons. The number of hydrogen-bond acceptors (Lipinski definition) is 5.